The Morgan fingerprint density at radius 1 is 0.596 bits per heavy atom. The number of aliphatic hydroxyl groups excluding tert-OH is 1. The van der Waals surface area contributed by atoms with E-state index in [-0.39, 0.29) is 19.3 Å². The molecule has 6 aromatic rings. The molecule has 3 aromatic carbocycles. The van der Waals surface area contributed by atoms with E-state index in [2.05, 4.69) is 15.0 Å². The van der Waals surface area contributed by atoms with E-state index in [4.69, 9.17) is 18.9 Å². The molecule has 3 aromatic heterocycles. The zero-order valence-corrected chi connectivity index (χ0v) is 25.5. The van der Waals surface area contributed by atoms with Gasteiger partial charge >= 0.3 is 17.9 Å². The lowest BCUT2D eigenvalue weighted by atomic mass is 9.98. The van der Waals surface area contributed by atoms with Gasteiger partial charge in [0.2, 0.25) is 0 Å². The van der Waals surface area contributed by atoms with E-state index in [0.29, 0.717) is 11.1 Å². The molecule has 0 saturated carbocycles. The maximum absolute atomic E-state index is 13.5. The minimum Gasteiger partial charge on any atom is -0.455 e. The Bertz CT molecular complexity index is 1970. The summed E-state index contributed by atoms with van der Waals surface area (Å²) >= 11 is 0. The summed E-state index contributed by atoms with van der Waals surface area (Å²) in [6.45, 7) is 1.59. The van der Waals surface area contributed by atoms with Crippen LogP contribution in [0.3, 0.4) is 0 Å². The molecule has 1 aliphatic rings. The van der Waals surface area contributed by atoms with Gasteiger partial charge in [0.25, 0.3) is 0 Å². The van der Waals surface area contributed by atoms with Crippen molar-refractivity contribution < 1.29 is 38.4 Å². The van der Waals surface area contributed by atoms with Crippen molar-refractivity contribution in [2.75, 3.05) is 0 Å². The second-order valence-corrected chi connectivity index (χ2v) is 11.7. The van der Waals surface area contributed by atoms with Crippen LogP contribution in [-0.2, 0) is 52.6 Å². The first-order valence-electron chi connectivity index (χ1n) is 15.4. The SMILES string of the molecule is C[C@@H]1OC(O)[C@H](OC(=O)Cc2c[nH]c3ccccc23)[C@H](OC(=O)Cc2c[nH]c3ccccc23)[C@H]1OC(=O)Cc1c[nH]c2ccccc12. The minimum atomic E-state index is -1.65. The number of nitrogens with one attached hydrogen (secondary N) is 3. The molecule has 11 heteroatoms. The highest BCUT2D eigenvalue weighted by Gasteiger charge is 2.50. The molecule has 240 valence electrons. The van der Waals surface area contributed by atoms with E-state index in [1.54, 1.807) is 25.5 Å². The molecule has 0 radical (unpaired) electrons. The number of aromatic amines is 3. The highest BCUT2D eigenvalue weighted by atomic mass is 16.7. The molecule has 0 amide bonds. The molecule has 0 spiro atoms. The molecule has 0 aliphatic carbocycles. The summed E-state index contributed by atoms with van der Waals surface area (Å²) in [7, 11) is 0. The van der Waals surface area contributed by atoms with Gasteiger partial charge in [0.1, 0.15) is 0 Å². The van der Waals surface area contributed by atoms with Crippen LogP contribution in [0.5, 0.6) is 0 Å². The molecule has 1 unspecified atom stereocenters. The summed E-state index contributed by atoms with van der Waals surface area (Å²) in [6, 6.07) is 22.6. The number of carbonyl (C=O) groups excluding carboxylic acids is 3. The molecule has 1 saturated heterocycles. The molecular weight excluding hydrogens is 602 g/mol. The number of aliphatic hydroxyl groups is 1. The zero-order valence-electron chi connectivity index (χ0n) is 25.5. The molecule has 7 rings (SSSR count). The smallest absolute Gasteiger partial charge is 0.310 e. The average molecular weight is 636 g/mol. The summed E-state index contributed by atoms with van der Waals surface area (Å²) in [5, 5.41) is 13.6. The summed E-state index contributed by atoms with van der Waals surface area (Å²) in [6.07, 6.45) is -1.68. The lowest BCUT2D eigenvalue weighted by molar-refractivity contribution is -0.288. The number of ether oxygens (including phenoxy) is 4. The van der Waals surface area contributed by atoms with Gasteiger partial charge in [0.15, 0.2) is 24.6 Å². The maximum atomic E-state index is 13.5. The number of hydrogen-bond acceptors (Lipinski definition) is 8. The van der Waals surface area contributed by atoms with Crippen molar-refractivity contribution in [2.24, 2.45) is 0 Å². The number of benzene rings is 3. The number of carbonyl (C=O) groups is 3. The molecule has 1 fully saturated rings. The van der Waals surface area contributed by atoms with Gasteiger partial charge in [0.05, 0.1) is 25.4 Å². The molecular formula is C36H33N3O8. The normalized spacial score (nSPS) is 21.2. The Morgan fingerprint density at radius 2 is 0.957 bits per heavy atom. The summed E-state index contributed by atoms with van der Waals surface area (Å²) < 4.78 is 23.3. The van der Waals surface area contributed by atoms with E-state index in [9.17, 15) is 19.5 Å². The standard InChI is InChI=1S/C36H33N3O8/c1-20-33(45-30(40)14-21-17-37-27-11-5-2-8-24(21)27)34(46-31(41)15-22-18-38-28-12-6-3-9-25(22)28)35(36(43)44-20)47-32(42)16-23-19-39-29-13-7-4-10-26(23)29/h2-13,17-20,33-39,43H,14-16H2,1H3/t20-,33-,34+,35+,36?/m0/s1. The first-order chi connectivity index (χ1) is 22.8. The van der Waals surface area contributed by atoms with Gasteiger partial charge in [-0.2, -0.15) is 0 Å². The third-order valence-corrected chi connectivity index (χ3v) is 8.58. The Hall–Kier alpha value is -5.39. The van der Waals surface area contributed by atoms with Crippen LogP contribution in [0.4, 0.5) is 0 Å². The van der Waals surface area contributed by atoms with Crippen molar-refractivity contribution in [1.82, 2.24) is 15.0 Å². The number of rotatable bonds is 9. The van der Waals surface area contributed by atoms with Crippen LogP contribution in [0.1, 0.15) is 23.6 Å². The van der Waals surface area contributed by atoms with E-state index in [0.717, 1.165) is 38.3 Å². The van der Waals surface area contributed by atoms with Crippen LogP contribution < -0.4 is 0 Å². The molecule has 4 heterocycles. The van der Waals surface area contributed by atoms with Crippen molar-refractivity contribution in [2.45, 2.75) is 56.9 Å². The molecule has 47 heavy (non-hydrogen) atoms. The molecule has 0 bridgehead atoms. The van der Waals surface area contributed by atoms with Crippen molar-refractivity contribution >= 4 is 50.6 Å². The third kappa shape index (κ3) is 6.23. The Kier molecular flexibility index (Phi) is 8.23. The number of aromatic nitrogens is 3. The minimum absolute atomic E-state index is 0.0726. The van der Waals surface area contributed by atoms with E-state index in [1.165, 1.54) is 0 Å². The predicted octanol–water partition coefficient (Wildman–Crippen LogP) is 4.63. The lowest BCUT2D eigenvalue weighted by Gasteiger charge is -2.42. The fourth-order valence-corrected chi connectivity index (χ4v) is 6.29. The predicted molar refractivity (Wildman–Crippen MR) is 172 cm³/mol. The summed E-state index contributed by atoms with van der Waals surface area (Å²) in [4.78, 5) is 49.5. The monoisotopic (exact) mass is 635 g/mol. The van der Waals surface area contributed by atoms with Gasteiger partial charge < -0.3 is 39.0 Å². The Labute approximate surface area is 268 Å². The van der Waals surface area contributed by atoms with Crippen LogP contribution in [0.2, 0.25) is 0 Å². The molecule has 4 N–H and O–H groups in total. The van der Waals surface area contributed by atoms with E-state index in [1.807, 2.05) is 72.8 Å². The first-order valence-corrected chi connectivity index (χ1v) is 15.4. The van der Waals surface area contributed by atoms with Gasteiger partial charge in [-0.3, -0.25) is 14.4 Å². The fourth-order valence-electron chi connectivity index (χ4n) is 6.29. The second kappa shape index (κ2) is 12.8. The number of hydrogen-bond donors (Lipinski definition) is 4. The Morgan fingerprint density at radius 3 is 1.38 bits per heavy atom. The van der Waals surface area contributed by atoms with E-state index < -0.39 is 48.6 Å². The molecule has 1 aliphatic heterocycles. The van der Waals surface area contributed by atoms with Crippen LogP contribution in [0, 0.1) is 0 Å². The van der Waals surface area contributed by atoms with Gasteiger partial charge in [-0.25, -0.2) is 0 Å². The molecule has 5 atom stereocenters. The van der Waals surface area contributed by atoms with Crippen molar-refractivity contribution in [3.8, 4) is 0 Å². The van der Waals surface area contributed by atoms with Crippen LogP contribution in [0.25, 0.3) is 32.7 Å². The zero-order chi connectivity index (χ0) is 32.5. The average Bonchev–Trinajstić information content (AvgIpc) is 3.79. The topological polar surface area (TPSA) is 156 Å². The van der Waals surface area contributed by atoms with E-state index >= 15 is 0 Å². The molecule has 11 nitrogen and oxygen atoms in total. The summed E-state index contributed by atoms with van der Waals surface area (Å²) in [5.74, 6) is -1.94. The number of H-pyrrole nitrogens is 3. The number of fused-ring (bicyclic) bond motifs is 3. The first kappa shape index (κ1) is 30.3. The lowest BCUT2D eigenvalue weighted by Crippen LogP contribution is -2.61. The highest BCUT2D eigenvalue weighted by molar-refractivity contribution is 5.89. The largest absolute Gasteiger partial charge is 0.455 e. The van der Waals surface area contributed by atoms with Gasteiger partial charge in [-0.1, -0.05) is 54.6 Å². The number of esters is 3. The van der Waals surface area contributed by atoms with Gasteiger partial charge in [0, 0.05) is 51.3 Å². The Balaban J connectivity index is 1.13. The van der Waals surface area contributed by atoms with Gasteiger partial charge in [-0.15, -0.1) is 0 Å². The van der Waals surface area contributed by atoms with Crippen molar-refractivity contribution in [1.29, 1.82) is 0 Å². The fraction of sp³-hybridized carbons (Fsp3) is 0.250. The third-order valence-electron chi connectivity index (χ3n) is 8.58. The second-order valence-electron chi connectivity index (χ2n) is 11.7. The van der Waals surface area contributed by atoms with Crippen molar-refractivity contribution in [3.63, 3.8) is 0 Å². The highest BCUT2D eigenvalue weighted by Crippen LogP contribution is 2.30. The maximum Gasteiger partial charge on any atom is 0.310 e. The van der Waals surface area contributed by atoms with Gasteiger partial charge in [-0.05, 0) is 41.8 Å². The van der Waals surface area contributed by atoms with Crippen LogP contribution in [0.15, 0.2) is 91.4 Å². The number of para-hydroxylation sites is 3. The van der Waals surface area contributed by atoms with Crippen LogP contribution in [-0.4, -0.2) is 68.7 Å². The van der Waals surface area contributed by atoms with Crippen LogP contribution >= 0.6 is 0 Å². The quantitative estimate of drug-likeness (QED) is 0.132. The van der Waals surface area contributed by atoms with Crippen molar-refractivity contribution in [3.05, 3.63) is 108 Å². The summed E-state index contributed by atoms with van der Waals surface area (Å²) in [5.41, 5.74) is 4.71.